The van der Waals surface area contributed by atoms with Crippen molar-refractivity contribution in [2.45, 2.75) is 26.2 Å². The van der Waals surface area contributed by atoms with Crippen LogP contribution >= 0.6 is 0 Å². The highest BCUT2D eigenvalue weighted by Gasteiger charge is 2.09. The lowest BCUT2D eigenvalue weighted by Gasteiger charge is -2.19. The van der Waals surface area contributed by atoms with E-state index in [-0.39, 0.29) is 17.5 Å². The third-order valence-corrected chi connectivity index (χ3v) is 4.63. The quantitative estimate of drug-likeness (QED) is 0.421. The Hall–Kier alpha value is -3.09. The second-order valence-corrected chi connectivity index (χ2v) is 6.95. The minimum atomic E-state index is -0.253. The Bertz CT molecular complexity index is 857. The molecule has 0 aliphatic carbocycles. The number of halogens is 1. The van der Waals surface area contributed by atoms with E-state index in [9.17, 15) is 14.0 Å². The molecule has 0 bridgehead atoms. The normalized spacial score (nSPS) is 10.4. The predicted molar refractivity (Wildman–Crippen MR) is 115 cm³/mol. The van der Waals surface area contributed by atoms with Gasteiger partial charge in [0, 0.05) is 32.1 Å². The molecule has 30 heavy (non-hydrogen) atoms. The lowest BCUT2D eigenvalue weighted by molar-refractivity contribution is -0.121. The topological polar surface area (TPSA) is 67.9 Å². The van der Waals surface area contributed by atoms with Gasteiger partial charge in [-0.25, -0.2) is 4.39 Å². The molecule has 0 fully saturated rings. The number of nitrogens with one attached hydrogen (secondary N) is 1. The molecule has 0 aromatic heterocycles. The third-order valence-electron chi connectivity index (χ3n) is 4.63. The van der Waals surface area contributed by atoms with Crippen LogP contribution in [0.15, 0.2) is 42.5 Å². The standard InChI is InChI=1S/C23H29FN2O4/c1-17(27)18-11-12-21(22(16-18)29-3)30-15-6-10-23(28)25-13-7-14-26(2)20-9-5-4-8-19(20)24/h4-5,8-9,11-12,16H,6-7,10,13-15H2,1-3H3,(H,25,28). The van der Waals surface area contributed by atoms with Gasteiger partial charge < -0.3 is 19.7 Å². The summed E-state index contributed by atoms with van der Waals surface area (Å²) < 4.78 is 24.7. The van der Waals surface area contributed by atoms with Crippen molar-refractivity contribution in [3.63, 3.8) is 0 Å². The molecule has 2 aromatic carbocycles. The molecule has 0 spiro atoms. The summed E-state index contributed by atoms with van der Waals surface area (Å²) in [4.78, 5) is 25.2. The maximum absolute atomic E-state index is 13.7. The molecule has 0 unspecified atom stereocenters. The highest BCUT2D eigenvalue weighted by Crippen LogP contribution is 2.28. The average molecular weight is 416 g/mol. The van der Waals surface area contributed by atoms with Gasteiger partial charge in [-0.15, -0.1) is 0 Å². The van der Waals surface area contributed by atoms with Crippen LogP contribution in [0.1, 0.15) is 36.5 Å². The Morgan fingerprint density at radius 3 is 2.57 bits per heavy atom. The summed E-state index contributed by atoms with van der Waals surface area (Å²) >= 11 is 0. The molecule has 6 nitrogen and oxygen atoms in total. The number of ketones is 1. The molecule has 0 radical (unpaired) electrons. The van der Waals surface area contributed by atoms with Crippen LogP contribution in [0.4, 0.5) is 10.1 Å². The Balaban J connectivity index is 1.64. The van der Waals surface area contributed by atoms with E-state index < -0.39 is 0 Å². The van der Waals surface area contributed by atoms with Crippen LogP contribution in [0.3, 0.4) is 0 Å². The minimum absolute atomic E-state index is 0.0448. The first-order valence-electron chi connectivity index (χ1n) is 9.96. The summed E-state index contributed by atoms with van der Waals surface area (Å²) in [7, 11) is 3.35. The molecule has 2 aromatic rings. The van der Waals surface area contributed by atoms with Crippen LogP contribution in [-0.4, -0.2) is 45.5 Å². The minimum Gasteiger partial charge on any atom is -0.493 e. The van der Waals surface area contributed by atoms with E-state index in [1.165, 1.54) is 20.1 Å². The van der Waals surface area contributed by atoms with E-state index in [1.807, 2.05) is 11.9 Å². The lowest BCUT2D eigenvalue weighted by atomic mass is 10.1. The van der Waals surface area contributed by atoms with Gasteiger partial charge in [-0.05, 0) is 50.1 Å². The van der Waals surface area contributed by atoms with Crippen molar-refractivity contribution >= 4 is 17.4 Å². The molecule has 7 heteroatoms. The number of ether oxygens (including phenoxy) is 2. The first-order chi connectivity index (χ1) is 14.4. The van der Waals surface area contributed by atoms with Gasteiger partial charge in [-0.3, -0.25) is 9.59 Å². The lowest BCUT2D eigenvalue weighted by Crippen LogP contribution is -2.28. The Labute approximate surface area is 177 Å². The van der Waals surface area contributed by atoms with E-state index in [2.05, 4.69) is 5.32 Å². The zero-order valence-electron chi connectivity index (χ0n) is 17.7. The summed E-state index contributed by atoms with van der Waals surface area (Å²) in [6, 6.07) is 11.6. The zero-order chi connectivity index (χ0) is 21.9. The molecule has 0 atom stereocenters. The van der Waals surface area contributed by atoms with Gasteiger partial charge in [0.15, 0.2) is 17.3 Å². The highest BCUT2D eigenvalue weighted by molar-refractivity contribution is 5.94. The van der Waals surface area contributed by atoms with Crippen molar-refractivity contribution in [3.8, 4) is 11.5 Å². The number of para-hydroxylation sites is 1. The van der Waals surface area contributed by atoms with Crippen LogP contribution in [-0.2, 0) is 4.79 Å². The van der Waals surface area contributed by atoms with Crippen LogP contribution in [0.2, 0.25) is 0 Å². The van der Waals surface area contributed by atoms with Crippen molar-refractivity contribution in [1.82, 2.24) is 5.32 Å². The average Bonchev–Trinajstić information content (AvgIpc) is 2.74. The fraction of sp³-hybridized carbons (Fsp3) is 0.391. The van der Waals surface area contributed by atoms with Gasteiger partial charge in [-0.2, -0.15) is 0 Å². The first-order valence-corrected chi connectivity index (χ1v) is 9.96. The fourth-order valence-corrected chi connectivity index (χ4v) is 2.93. The molecular formula is C23H29FN2O4. The van der Waals surface area contributed by atoms with Crippen LogP contribution < -0.4 is 19.7 Å². The number of carbonyl (C=O) groups excluding carboxylic acids is 2. The first kappa shape index (κ1) is 23.2. The van der Waals surface area contributed by atoms with Crippen molar-refractivity contribution in [2.75, 3.05) is 38.8 Å². The summed E-state index contributed by atoms with van der Waals surface area (Å²) in [5.41, 5.74) is 1.10. The van der Waals surface area contributed by atoms with Gasteiger partial charge in [0.1, 0.15) is 5.82 Å². The largest absolute Gasteiger partial charge is 0.493 e. The summed E-state index contributed by atoms with van der Waals surface area (Å²) in [5.74, 6) is 0.685. The number of carbonyl (C=O) groups is 2. The second-order valence-electron chi connectivity index (χ2n) is 6.95. The number of amides is 1. The van der Waals surface area contributed by atoms with Crippen LogP contribution in [0, 0.1) is 5.82 Å². The van der Waals surface area contributed by atoms with Gasteiger partial charge in [-0.1, -0.05) is 12.1 Å². The monoisotopic (exact) mass is 416 g/mol. The van der Waals surface area contributed by atoms with Gasteiger partial charge in [0.2, 0.25) is 5.91 Å². The van der Waals surface area contributed by atoms with E-state index >= 15 is 0 Å². The molecule has 0 heterocycles. The molecule has 0 aliphatic rings. The van der Waals surface area contributed by atoms with E-state index in [1.54, 1.807) is 36.4 Å². The number of benzene rings is 2. The molecule has 0 saturated carbocycles. The zero-order valence-corrected chi connectivity index (χ0v) is 17.7. The van der Waals surface area contributed by atoms with Gasteiger partial charge >= 0.3 is 0 Å². The number of hydrogen-bond donors (Lipinski definition) is 1. The van der Waals surface area contributed by atoms with E-state index in [4.69, 9.17) is 9.47 Å². The second kappa shape index (κ2) is 11.8. The van der Waals surface area contributed by atoms with Gasteiger partial charge in [0.25, 0.3) is 0 Å². The Morgan fingerprint density at radius 2 is 1.87 bits per heavy atom. The van der Waals surface area contributed by atoms with Crippen molar-refractivity contribution < 1.29 is 23.5 Å². The molecule has 1 amide bonds. The molecule has 162 valence electrons. The molecule has 1 N–H and O–H groups in total. The van der Waals surface area contributed by atoms with Crippen LogP contribution in [0.25, 0.3) is 0 Å². The van der Waals surface area contributed by atoms with Crippen molar-refractivity contribution in [2.24, 2.45) is 0 Å². The number of methoxy groups -OCH3 is 1. The summed E-state index contributed by atoms with van der Waals surface area (Å²) in [5, 5.41) is 2.87. The van der Waals surface area contributed by atoms with E-state index in [0.717, 1.165) is 0 Å². The Kier molecular flexibility index (Phi) is 9.12. The third kappa shape index (κ3) is 7.06. The van der Waals surface area contributed by atoms with Crippen molar-refractivity contribution in [3.05, 3.63) is 53.8 Å². The molecule has 0 aliphatic heterocycles. The number of Topliss-reactive ketones (excluding diaryl/α,β-unsaturated/α-hetero) is 1. The number of anilines is 1. The van der Waals surface area contributed by atoms with E-state index in [0.29, 0.717) is 61.7 Å². The van der Waals surface area contributed by atoms with Gasteiger partial charge in [0.05, 0.1) is 19.4 Å². The maximum Gasteiger partial charge on any atom is 0.220 e. The molecule has 2 rings (SSSR count). The number of hydrogen-bond acceptors (Lipinski definition) is 5. The molecular weight excluding hydrogens is 387 g/mol. The van der Waals surface area contributed by atoms with Crippen molar-refractivity contribution in [1.29, 1.82) is 0 Å². The Morgan fingerprint density at radius 1 is 1.10 bits per heavy atom. The smallest absolute Gasteiger partial charge is 0.220 e. The predicted octanol–water partition coefficient (Wildman–Crippen LogP) is 3.84. The SMILES string of the molecule is COc1cc(C(C)=O)ccc1OCCCC(=O)NCCCN(C)c1ccccc1F. The summed E-state index contributed by atoms with van der Waals surface area (Å²) in [6.07, 6.45) is 1.61. The highest BCUT2D eigenvalue weighted by atomic mass is 19.1. The molecule has 0 saturated heterocycles. The number of nitrogens with zero attached hydrogens (tertiary/aromatic N) is 1. The summed E-state index contributed by atoms with van der Waals surface area (Å²) in [6.45, 7) is 3.02. The maximum atomic E-state index is 13.7. The fourth-order valence-electron chi connectivity index (χ4n) is 2.93. The van der Waals surface area contributed by atoms with Crippen LogP contribution in [0.5, 0.6) is 11.5 Å². The number of rotatable bonds is 12.